The Morgan fingerprint density at radius 3 is 2.67 bits per heavy atom. The van der Waals surface area contributed by atoms with Gasteiger partial charge in [0.15, 0.2) is 0 Å². The molecular weight excluding hydrogens is 438 g/mol. The summed E-state index contributed by atoms with van der Waals surface area (Å²) in [7, 11) is 0. The van der Waals surface area contributed by atoms with Crippen LogP contribution in [-0.2, 0) is 16.1 Å². The number of benzene rings is 1. The van der Waals surface area contributed by atoms with Gasteiger partial charge >= 0.3 is 5.97 Å². The molecule has 1 saturated carbocycles. The van der Waals surface area contributed by atoms with Gasteiger partial charge in [0.05, 0.1) is 11.7 Å². The Morgan fingerprint density at radius 2 is 1.97 bits per heavy atom. The van der Waals surface area contributed by atoms with Crippen LogP contribution in [0.5, 0.6) is 0 Å². The van der Waals surface area contributed by atoms with Crippen LogP contribution >= 0.6 is 11.3 Å². The molecule has 174 valence electrons. The predicted octanol–water partition coefficient (Wildman–Crippen LogP) is 4.62. The average Bonchev–Trinajstić information content (AvgIpc) is 3.14. The predicted molar refractivity (Wildman–Crippen MR) is 130 cm³/mol. The monoisotopic (exact) mass is 467 g/mol. The van der Waals surface area contributed by atoms with Crippen molar-refractivity contribution in [2.24, 2.45) is 0 Å². The van der Waals surface area contributed by atoms with Gasteiger partial charge in [-0.3, -0.25) is 14.2 Å². The number of fused-ring (bicyclic) bond motifs is 1. The Balaban J connectivity index is 1.58. The maximum absolute atomic E-state index is 13.2. The van der Waals surface area contributed by atoms with E-state index in [4.69, 9.17) is 4.74 Å². The summed E-state index contributed by atoms with van der Waals surface area (Å²) in [6.45, 7) is 5.98. The number of hydrogen-bond acceptors (Lipinski definition) is 6. The minimum Gasteiger partial charge on any atom is -0.458 e. The van der Waals surface area contributed by atoms with Gasteiger partial charge in [0, 0.05) is 12.2 Å². The Morgan fingerprint density at radius 1 is 1.21 bits per heavy atom. The highest BCUT2D eigenvalue weighted by Gasteiger charge is 2.25. The van der Waals surface area contributed by atoms with E-state index < -0.39 is 0 Å². The quantitative estimate of drug-likeness (QED) is 0.494. The third-order valence-electron chi connectivity index (χ3n) is 6.16. The van der Waals surface area contributed by atoms with Crippen molar-refractivity contribution >= 4 is 39.1 Å². The number of likely N-dealkylation sites (N-methyl/N-ethyl adjacent to an activating group) is 1. The second-order valence-electron chi connectivity index (χ2n) is 8.56. The summed E-state index contributed by atoms with van der Waals surface area (Å²) in [6.07, 6.45) is 6.42. The number of aromatic nitrogens is 2. The highest BCUT2D eigenvalue weighted by Crippen LogP contribution is 2.29. The molecule has 3 aromatic rings. The number of thiophene rings is 1. The van der Waals surface area contributed by atoms with Crippen LogP contribution in [0.1, 0.15) is 59.8 Å². The number of esters is 1. The molecule has 0 saturated heterocycles. The molecular formula is C25H29N3O4S. The molecule has 0 atom stereocenters. The molecule has 1 fully saturated rings. The van der Waals surface area contributed by atoms with Crippen LogP contribution in [0, 0.1) is 13.8 Å². The highest BCUT2D eigenvalue weighted by atomic mass is 32.1. The van der Waals surface area contributed by atoms with E-state index in [0.717, 1.165) is 36.9 Å². The summed E-state index contributed by atoms with van der Waals surface area (Å²) in [4.78, 5) is 46.0. The van der Waals surface area contributed by atoms with Gasteiger partial charge in [-0.15, -0.1) is 11.3 Å². The average molecular weight is 468 g/mol. The Hall–Kier alpha value is -3.00. The SMILES string of the molecule is CCN(C(=O)Cn1cnc2sc(C(=O)OC3CCCCC3)c(C)c2c1=O)c1cccc(C)c1. The Labute approximate surface area is 197 Å². The molecule has 33 heavy (non-hydrogen) atoms. The number of aryl methyl sites for hydroxylation is 2. The van der Waals surface area contributed by atoms with E-state index >= 15 is 0 Å². The lowest BCUT2D eigenvalue weighted by Crippen LogP contribution is -2.36. The lowest BCUT2D eigenvalue weighted by atomic mass is 9.98. The Kier molecular flexibility index (Phi) is 6.93. The summed E-state index contributed by atoms with van der Waals surface area (Å²) >= 11 is 1.18. The molecule has 2 heterocycles. The van der Waals surface area contributed by atoms with Crippen LogP contribution < -0.4 is 10.5 Å². The van der Waals surface area contributed by atoms with E-state index in [1.54, 1.807) is 11.8 Å². The van der Waals surface area contributed by atoms with Crippen molar-refractivity contribution in [3.05, 3.63) is 57.0 Å². The smallest absolute Gasteiger partial charge is 0.348 e. The maximum atomic E-state index is 13.2. The molecule has 1 aromatic carbocycles. The first-order chi connectivity index (χ1) is 15.9. The topological polar surface area (TPSA) is 81.5 Å². The molecule has 4 rings (SSSR count). The standard InChI is InChI=1S/C25H29N3O4S/c1-4-28(18-10-8-9-16(2)13-18)20(29)14-27-15-26-23-21(24(27)30)17(3)22(33-23)25(31)32-19-11-6-5-7-12-19/h8-10,13,15,19H,4-7,11-12,14H2,1-3H3. The molecule has 0 unspecified atom stereocenters. The second-order valence-corrected chi connectivity index (χ2v) is 9.56. The van der Waals surface area contributed by atoms with Crippen molar-refractivity contribution in [2.75, 3.05) is 11.4 Å². The third-order valence-corrected chi connectivity index (χ3v) is 7.34. The minimum atomic E-state index is -0.388. The van der Waals surface area contributed by atoms with Crippen molar-refractivity contribution in [1.29, 1.82) is 0 Å². The third kappa shape index (κ3) is 4.85. The molecule has 7 nitrogen and oxygen atoms in total. The maximum Gasteiger partial charge on any atom is 0.348 e. The fourth-order valence-electron chi connectivity index (χ4n) is 4.38. The summed E-state index contributed by atoms with van der Waals surface area (Å²) in [5.41, 5.74) is 2.10. The molecule has 0 aliphatic heterocycles. The van der Waals surface area contributed by atoms with E-state index in [0.29, 0.717) is 27.2 Å². The molecule has 2 aromatic heterocycles. The van der Waals surface area contributed by atoms with Crippen LogP contribution in [0.3, 0.4) is 0 Å². The van der Waals surface area contributed by atoms with Crippen molar-refractivity contribution < 1.29 is 14.3 Å². The van der Waals surface area contributed by atoms with Gasteiger partial charge in [0.1, 0.15) is 22.4 Å². The number of carbonyl (C=O) groups excluding carboxylic acids is 2. The van der Waals surface area contributed by atoms with Crippen LogP contribution in [-0.4, -0.2) is 34.1 Å². The first-order valence-electron chi connectivity index (χ1n) is 11.5. The largest absolute Gasteiger partial charge is 0.458 e. The van der Waals surface area contributed by atoms with Crippen LogP contribution in [0.4, 0.5) is 5.69 Å². The Bertz CT molecular complexity index is 1240. The van der Waals surface area contributed by atoms with Gasteiger partial charge < -0.3 is 9.64 Å². The van der Waals surface area contributed by atoms with Crippen molar-refractivity contribution in [3.8, 4) is 0 Å². The number of rotatable bonds is 6. The zero-order valence-electron chi connectivity index (χ0n) is 19.3. The molecule has 8 heteroatoms. The summed E-state index contributed by atoms with van der Waals surface area (Å²) in [5, 5.41) is 0.379. The summed E-state index contributed by atoms with van der Waals surface area (Å²) < 4.78 is 7.02. The van der Waals surface area contributed by atoms with Crippen LogP contribution in [0.15, 0.2) is 35.4 Å². The number of carbonyl (C=O) groups is 2. The van der Waals surface area contributed by atoms with Crippen LogP contribution in [0.25, 0.3) is 10.2 Å². The van der Waals surface area contributed by atoms with E-state index in [1.165, 1.54) is 28.7 Å². The van der Waals surface area contributed by atoms with E-state index in [9.17, 15) is 14.4 Å². The number of ether oxygens (including phenoxy) is 1. The van der Waals surface area contributed by atoms with E-state index in [1.807, 2.05) is 38.1 Å². The van der Waals surface area contributed by atoms with Gasteiger partial charge in [0.2, 0.25) is 5.91 Å². The molecule has 0 radical (unpaired) electrons. The minimum absolute atomic E-state index is 0.0558. The van der Waals surface area contributed by atoms with Gasteiger partial charge in [-0.2, -0.15) is 0 Å². The normalized spacial score (nSPS) is 14.4. The van der Waals surface area contributed by atoms with Gasteiger partial charge in [-0.1, -0.05) is 18.6 Å². The first kappa shape index (κ1) is 23.2. The van der Waals surface area contributed by atoms with Crippen molar-refractivity contribution in [2.45, 2.75) is 65.5 Å². The van der Waals surface area contributed by atoms with E-state index in [-0.39, 0.29) is 30.1 Å². The molecule has 1 aliphatic rings. The molecule has 0 spiro atoms. The lowest BCUT2D eigenvalue weighted by molar-refractivity contribution is -0.119. The zero-order chi connectivity index (χ0) is 23.5. The highest BCUT2D eigenvalue weighted by molar-refractivity contribution is 7.20. The molecule has 0 N–H and O–H groups in total. The molecule has 1 aliphatic carbocycles. The fraction of sp³-hybridized carbons (Fsp3) is 0.440. The first-order valence-corrected chi connectivity index (χ1v) is 12.3. The van der Waals surface area contributed by atoms with Gasteiger partial charge in [0.25, 0.3) is 5.56 Å². The number of hydrogen-bond donors (Lipinski definition) is 0. The number of amides is 1. The zero-order valence-corrected chi connectivity index (χ0v) is 20.1. The lowest BCUT2D eigenvalue weighted by Gasteiger charge is -2.22. The second kappa shape index (κ2) is 9.87. The number of nitrogens with zero attached hydrogens (tertiary/aromatic N) is 3. The summed E-state index contributed by atoms with van der Waals surface area (Å²) in [5.74, 6) is -0.586. The van der Waals surface area contributed by atoms with Crippen molar-refractivity contribution in [3.63, 3.8) is 0 Å². The molecule has 0 bridgehead atoms. The summed E-state index contributed by atoms with van der Waals surface area (Å²) in [6, 6.07) is 7.70. The van der Waals surface area contributed by atoms with Crippen molar-refractivity contribution in [1.82, 2.24) is 9.55 Å². The molecule has 1 amide bonds. The van der Waals surface area contributed by atoms with Gasteiger partial charge in [-0.25, -0.2) is 9.78 Å². The fourth-order valence-corrected chi connectivity index (χ4v) is 5.41. The van der Waals surface area contributed by atoms with Gasteiger partial charge in [-0.05, 0) is 69.7 Å². The number of anilines is 1. The van der Waals surface area contributed by atoms with Crippen LogP contribution in [0.2, 0.25) is 0 Å². The van der Waals surface area contributed by atoms with E-state index in [2.05, 4.69) is 4.98 Å².